The maximum absolute atomic E-state index is 12.0. The Morgan fingerprint density at radius 2 is 2.09 bits per heavy atom. The van der Waals surface area contributed by atoms with Crippen LogP contribution in [0.2, 0.25) is 0 Å². The third kappa shape index (κ3) is 2.93. The summed E-state index contributed by atoms with van der Waals surface area (Å²) in [4.78, 5) is 32.5. The highest BCUT2D eigenvalue weighted by molar-refractivity contribution is 7.20. The maximum atomic E-state index is 12.0. The maximum Gasteiger partial charge on any atom is 0.348 e. The van der Waals surface area contributed by atoms with Gasteiger partial charge in [0.15, 0.2) is 0 Å². The van der Waals surface area contributed by atoms with Crippen LogP contribution in [0.5, 0.6) is 0 Å². The van der Waals surface area contributed by atoms with Crippen molar-refractivity contribution >= 4 is 39.3 Å². The van der Waals surface area contributed by atoms with Crippen molar-refractivity contribution in [2.24, 2.45) is 0 Å². The van der Waals surface area contributed by atoms with Gasteiger partial charge in [0, 0.05) is 0 Å². The van der Waals surface area contributed by atoms with Crippen LogP contribution in [0.3, 0.4) is 0 Å². The summed E-state index contributed by atoms with van der Waals surface area (Å²) in [7, 11) is 0. The van der Waals surface area contributed by atoms with Gasteiger partial charge in [0.2, 0.25) is 5.82 Å². The summed E-state index contributed by atoms with van der Waals surface area (Å²) in [6.45, 7) is 6.86. The van der Waals surface area contributed by atoms with Crippen molar-refractivity contribution in [1.82, 2.24) is 9.97 Å². The second-order valence-corrected chi connectivity index (χ2v) is 6.37. The fourth-order valence-electron chi connectivity index (χ4n) is 2.00. The number of esters is 1. The van der Waals surface area contributed by atoms with Crippen molar-refractivity contribution in [3.63, 3.8) is 0 Å². The van der Waals surface area contributed by atoms with E-state index in [-0.39, 0.29) is 6.61 Å². The van der Waals surface area contributed by atoms with Crippen molar-refractivity contribution in [1.29, 1.82) is 0 Å². The normalized spacial score (nSPS) is 11.6. The van der Waals surface area contributed by atoms with Gasteiger partial charge in [-0.2, -0.15) is 4.98 Å². The van der Waals surface area contributed by atoms with E-state index in [1.165, 1.54) is 36.8 Å². The molecule has 0 aliphatic carbocycles. The molecule has 118 valence electrons. The Labute approximate surface area is 131 Å². The van der Waals surface area contributed by atoms with Crippen LogP contribution in [0.4, 0.5) is 5.82 Å². The summed E-state index contributed by atoms with van der Waals surface area (Å²) < 4.78 is 5.03. The lowest BCUT2D eigenvalue weighted by Crippen LogP contribution is -2.94. The molecule has 2 aromatic rings. The van der Waals surface area contributed by atoms with E-state index in [4.69, 9.17) is 4.74 Å². The van der Waals surface area contributed by atoms with Crippen LogP contribution in [-0.2, 0) is 9.53 Å². The largest absolute Gasteiger partial charge is 0.544 e. The zero-order valence-electron chi connectivity index (χ0n) is 12.8. The molecule has 0 aliphatic rings. The van der Waals surface area contributed by atoms with E-state index in [2.05, 4.69) is 9.97 Å². The number of nitrogens with two attached hydrogens (primary N) is 1. The molecule has 0 atom stereocenters. The highest BCUT2D eigenvalue weighted by atomic mass is 32.1. The molecular weight excluding hydrogens is 306 g/mol. The number of aromatic nitrogens is 2. The van der Waals surface area contributed by atoms with Gasteiger partial charge >= 0.3 is 5.97 Å². The van der Waals surface area contributed by atoms with Crippen molar-refractivity contribution in [2.45, 2.75) is 33.2 Å². The highest BCUT2D eigenvalue weighted by Gasteiger charge is 2.28. The Morgan fingerprint density at radius 1 is 1.41 bits per heavy atom. The number of aryl methyl sites for hydroxylation is 1. The zero-order chi connectivity index (χ0) is 16.5. The van der Waals surface area contributed by atoms with Crippen molar-refractivity contribution in [3.8, 4) is 0 Å². The molecule has 2 aromatic heterocycles. The van der Waals surface area contributed by atoms with Crippen LogP contribution in [0.15, 0.2) is 6.33 Å². The first-order valence-electron chi connectivity index (χ1n) is 6.76. The predicted octanol–water partition coefficient (Wildman–Crippen LogP) is -0.100. The fraction of sp³-hybridized carbons (Fsp3) is 0.429. The minimum absolute atomic E-state index is 0.287. The monoisotopic (exact) mass is 323 g/mol. The van der Waals surface area contributed by atoms with Crippen molar-refractivity contribution in [2.75, 3.05) is 6.61 Å². The number of carboxylic acid groups (broad SMARTS) is 1. The molecule has 0 aliphatic heterocycles. The number of carboxylic acids is 1. The highest BCUT2D eigenvalue weighted by Crippen LogP contribution is 2.32. The molecule has 2 rings (SSSR count). The van der Waals surface area contributed by atoms with Crippen molar-refractivity contribution < 1.29 is 24.7 Å². The van der Waals surface area contributed by atoms with Gasteiger partial charge in [-0.1, -0.05) is 0 Å². The number of ether oxygens (including phenoxy) is 1. The number of hydrogen-bond acceptors (Lipinski definition) is 7. The summed E-state index contributed by atoms with van der Waals surface area (Å²) in [5, 5.41) is 13.4. The Hall–Kier alpha value is -2.06. The molecule has 0 radical (unpaired) electrons. The topological polar surface area (TPSA) is 109 Å². The number of thiophene rings is 1. The standard InChI is InChI=1S/C14H17N3O4S/c1-5-21-12(18)9-7(2)8-10(15-6-16-11(8)22-9)17-14(3,4)13(19)20/h6H,5H2,1-4H3,(H,19,20)(H,15,16,17). The molecule has 0 amide bonds. The number of nitrogens with zero attached hydrogens (tertiary/aromatic N) is 2. The van der Waals surface area contributed by atoms with E-state index in [0.717, 1.165) is 0 Å². The molecule has 0 aromatic carbocycles. The average Bonchev–Trinajstić information content (AvgIpc) is 2.77. The first kappa shape index (κ1) is 16.3. The van der Waals surface area contributed by atoms with Crippen molar-refractivity contribution in [3.05, 3.63) is 16.8 Å². The summed E-state index contributed by atoms with van der Waals surface area (Å²) in [6, 6.07) is 0. The molecule has 8 heteroatoms. The molecule has 7 nitrogen and oxygen atoms in total. The molecule has 0 saturated carbocycles. The quantitative estimate of drug-likeness (QED) is 0.770. The summed E-state index contributed by atoms with van der Waals surface area (Å²) in [5.41, 5.74) is -0.487. The fourth-order valence-corrected chi connectivity index (χ4v) is 3.05. The molecule has 2 N–H and O–H groups in total. The summed E-state index contributed by atoms with van der Waals surface area (Å²) >= 11 is 1.21. The molecule has 2 heterocycles. The first-order chi connectivity index (χ1) is 10.3. The summed E-state index contributed by atoms with van der Waals surface area (Å²) in [6.07, 6.45) is 1.35. The molecule has 0 unspecified atom stereocenters. The van der Waals surface area contributed by atoms with Crippen LogP contribution < -0.4 is 10.4 Å². The Morgan fingerprint density at radius 3 is 2.68 bits per heavy atom. The third-order valence-corrected chi connectivity index (χ3v) is 4.42. The number of aliphatic carboxylic acids is 1. The first-order valence-corrected chi connectivity index (χ1v) is 7.58. The number of carbonyl (C=O) groups is 2. The van der Waals surface area contributed by atoms with E-state index in [1.54, 1.807) is 13.8 Å². The number of fused-ring (bicyclic) bond motifs is 1. The van der Waals surface area contributed by atoms with E-state index in [1.807, 2.05) is 0 Å². The molecule has 22 heavy (non-hydrogen) atoms. The Balaban J connectivity index is 2.53. The molecule has 0 spiro atoms. The minimum atomic E-state index is -1.20. The smallest absolute Gasteiger partial charge is 0.348 e. The third-order valence-electron chi connectivity index (χ3n) is 3.24. The Bertz CT molecular complexity index is 739. The van der Waals surface area contributed by atoms with Crippen LogP contribution in [0.25, 0.3) is 10.2 Å². The SMILES string of the molecule is CCOC(=O)c1sc2ncnc([NH2+]C(C)(C)C(=O)[O-])c2c1C. The zero-order valence-corrected chi connectivity index (χ0v) is 13.6. The van der Waals surface area contributed by atoms with E-state index >= 15 is 0 Å². The number of hydrogen-bond donors (Lipinski definition) is 1. The van der Waals surface area contributed by atoms with E-state index in [0.29, 0.717) is 26.5 Å². The Kier molecular flexibility index (Phi) is 4.43. The molecule has 0 saturated heterocycles. The van der Waals surface area contributed by atoms with Crippen LogP contribution in [0, 0.1) is 6.92 Å². The van der Waals surface area contributed by atoms with Gasteiger partial charge in [-0.25, -0.2) is 9.78 Å². The lowest BCUT2D eigenvalue weighted by Gasteiger charge is -2.22. The summed E-state index contributed by atoms with van der Waals surface area (Å²) in [5.74, 6) is -1.13. The van der Waals surface area contributed by atoms with Crippen LogP contribution >= 0.6 is 11.3 Å². The van der Waals surface area contributed by atoms with E-state index < -0.39 is 17.5 Å². The van der Waals surface area contributed by atoms with Gasteiger partial charge in [0.05, 0.1) is 12.0 Å². The lowest BCUT2D eigenvalue weighted by atomic mass is 10.1. The van der Waals surface area contributed by atoms with Gasteiger partial charge in [-0.05, 0) is 33.3 Å². The van der Waals surface area contributed by atoms with Gasteiger partial charge in [0.1, 0.15) is 27.5 Å². The second-order valence-electron chi connectivity index (χ2n) is 5.37. The lowest BCUT2D eigenvalue weighted by molar-refractivity contribution is -0.642. The average molecular weight is 323 g/mol. The number of carbonyl (C=O) groups excluding carboxylic acids is 2. The minimum Gasteiger partial charge on any atom is -0.544 e. The van der Waals surface area contributed by atoms with Crippen LogP contribution in [-0.4, -0.2) is 34.1 Å². The van der Waals surface area contributed by atoms with E-state index in [9.17, 15) is 14.7 Å². The molecule has 0 bridgehead atoms. The molecular formula is C14H17N3O4S. The van der Waals surface area contributed by atoms with Gasteiger partial charge in [0.25, 0.3) is 0 Å². The number of rotatable bonds is 5. The number of quaternary nitrogens is 1. The van der Waals surface area contributed by atoms with Crippen LogP contribution in [0.1, 0.15) is 36.0 Å². The van der Waals surface area contributed by atoms with Gasteiger partial charge in [-0.3, -0.25) is 5.32 Å². The molecule has 0 fully saturated rings. The predicted molar refractivity (Wildman–Crippen MR) is 78.8 cm³/mol. The van der Waals surface area contributed by atoms with Gasteiger partial charge < -0.3 is 14.6 Å². The second kappa shape index (κ2) is 5.98. The van der Waals surface area contributed by atoms with Gasteiger partial charge in [-0.15, -0.1) is 11.3 Å².